The summed E-state index contributed by atoms with van der Waals surface area (Å²) >= 11 is 6.58. The van der Waals surface area contributed by atoms with Crippen molar-refractivity contribution < 1.29 is 17.1 Å². The van der Waals surface area contributed by atoms with Gasteiger partial charge in [0.1, 0.15) is 5.25 Å². The maximum atomic E-state index is 12.9. The van der Waals surface area contributed by atoms with Gasteiger partial charge in [0.15, 0.2) is 0 Å². The van der Waals surface area contributed by atoms with E-state index >= 15 is 0 Å². The molecule has 4 nitrogen and oxygen atoms in total. The molecule has 1 saturated heterocycles. The van der Waals surface area contributed by atoms with Gasteiger partial charge in [0.2, 0.25) is 5.91 Å². The summed E-state index contributed by atoms with van der Waals surface area (Å²) in [5, 5.41) is -1.29. The minimum atomic E-state index is -4.70. The number of hydrogen-bond acceptors (Lipinski definition) is 3. The molecule has 0 aromatic heterocycles. The Morgan fingerprint density at radius 3 is 2.28 bits per heavy atom. The molecule has 2 rings (SSSR count). The number of benzene rings is 1. The van der Waals surface area contributed by atoms with Crippen molar-refractivity contribution in [1.29, 1.82) is 0 Å². The van der Waals surface area contributed by atoms with Gasteiger partial charge >= 0.3 is 10.2 Å². The van der Waals surface area contributed by atoms with Crippen LogP contribution in [0, 0.1) is 0 Å². The monoisotopic (exact) mass is 399 g/mol. The summed E-state index contributed by atoms with van der Waals surface area (Å²) in [7, 11) is -4.70. The summed E-state index contributed by atoms with van der Waals surface area (Å²) in [6.45, 7) is -0.168. The van der Waals surface area contributed by atoms with E-state index < -0.39 is 21.4 Å². The van der Waals surface area contributed by atoms with Crippen molar-refractivity contribution in [3.63, 3.8) is 0 Å². The molecule has 1 heterocycles. The molecular weight excluding hydrogens is 393 g/mol. The van der Waals surface area contributed by atoms with Crippen LogP contribution < -0.4 is 4.90 Å². The zero-order valence-corrected chi connectivity index (χ0v) is 12.9. The summed E-state index contributed by atoms with van der Waals surface area (Å²) in [5.41, 5.74) is 0.522. The van der Waals surface area contributed by atoms with Gasteiger partial charge in [0, 0.05) is 21.9 Å². The Bertz CT molecular complexity index is 585. The highest BCUT2D eigenvalue weighted by Gasteiger charge is 2.40. The van der Waals surface area contributed by atoms with Crippen LogP contribution in [0.5, 0.6) is 0 Å². The number of amides is 1. The van der Waals surface area contributed by atoms with E-state index in [4.69, 9.17) is 0 Å². The van der Waals surface area contributed by atoms with E-state index in [1.54, 1.807) is 18.2 Å². The predicted octanol–water partition coefficient (Wildman–Crippen LogP) is 2.62. The maximum Gasteiger partial charge on any atom is 0.307 e. The predicted molar refractivity (Wildman–Crippen MR) is 72.6 cm³/mol. The number of halogens is 3. The van der Waals surface area contributed by atoms with Gasteiger partial charge in [-0.2, -0.15) is 8.42 Å². The average molecular weight is 401 g/mol. The summed E-state index contributed by atoms with van der Waals surface area (Å²) in [6.07, 6.45) is -0.327. The molecule has 1 fully saturated rings. The van der Waals surface area contributed by atoms with Crippen molar-refractivity contribution in [1.82, 2.24) is 0 Å². The summed E-state index contributed by atoms with van der Waals surface area (Å²) < 4.78 is 35.9. The average Bonchev–Trinajstić information content (AvgIpc) is 2.60. The van der Waals surface area contributed by atoms with E-state index in [9.17, 15) is 17.1 Å². The molecule has 1 atom stereocenters. The maximum absolute atomic E-state index is 12.9. The molecule has 98 valence electrons. The Balaban J connectivity index is 2.39. The first-order chi connectivity index (χ1) is 8.30. The Morgan fingerprint density at radius 1 is 1.28 bits per heavy atom. The van der Waals surface area contributed by atoms with Crippen LogP contribution in [-0.4, -0.2) is 26.1 Å². The summed E-state index contributed by atoms with van der Waals surface area (Å²) in [6, 6.07) is 5.22. The quantitative estimate of drug-likeness (QED) is 0.717. The third-order valence-corrected chi connectivity index (χ3v) is 5.09. The van der Waals surface area contributed by atoms with Crippen LogP contribution in [0.4, 0.5) is 9.57 Å². The van der Waals surface area contributed by atoms with Crippen molar-refractivity contribution in [2.45, 2.75) is 11.7 Å². The molecule has 1 aromatic carbocycles. The van der Waals surface area contributed by atoms with Crippen LogP contribution in [0.1, 0.15) is 6.42 Å². The lowest BCUT2D eigenvalue weighted by Crippen LogP contribution is -2.27. The topological polar surface area (TPSA) is 54.5 Å². The Labute approximate surface area is 121 Å². The van der Waals surface area contributed by atoms with Gasteiger partial charge in [-0.3, -0.25) is 4.79 Å². The van der Waals surface area contributed by atoms with Gasteiger partial charge in [0.25, 0.3) is 0 Å². The molecule has 0 bridgehead atoms. The van der Waals surface area contributed by atoms with Crippen LogP contribution in [0.15, 0.2) is 27.1 Å². The van der Waals surface area contributed by atoms with Crippen LogP contribution in [-0.2, 0) is 15.0 Å². The number of anilines is 1. The number of rotatable bonds is 2. The first kappa shape index (κ1) is 14.0. The lowest BCUT2D eigenvalue weighted by molar-refractivity contribution is -0.117. The van der Waals surface area contributed by atoms with Crippen molar-refractivity contribution in [2.75, 3.05) is 11.4 Å². The molecule has 18 heavy (non-hydrogen) atoms. The minimum Gasteiger partial charge on any atom is -0.309 e. The SMILES string of the molecule is O=C1CC(S(=O)(=O)F)CN1c1c(Br)cccc1Br. The zero-order valence-electron chi connectivity index (χ0n) is 8.94. The lowest BCUT2D eigenvalue weighted by Gasteiger charge is -2.19. The van der Waals surface area contributed by atoms with E-state index in [1.807, 2.05) is 0 Å². The highest BCUT2D eigenvalue weighted by atomic mass is 79.9. The van der Waals surface area contributed by atoms with Crippen LogP contribution in [0.3, 0.4) is 0 Å². The molecule has 0 aliphatic carbocycles. The summed E-state index contributed by atoms with van der Waals surface area (Å²) in [5.74, 6) is -0.408. The highest BCUT2D eigenvalue weighted by Crippen LogP contribution is 2.37. The molecule has 8 heteroatoms. The second kappa shape index (κ2) is 4.90. The van der Waals surface area contributed by atoms with Crippen molar-refractivity contribution in [3.8, 4) is 0 Å². The van der Waals surface area contributed by atoms with Crippen molar-refractivity contribution in [3.05, 3.63) is 27.1 Å². The molecule has 1 aromatic rings. The molecule has 0 spiro atoms. The Hall–Kier alpha value is -0.470. The second-order valence-corrected chi connectivity index (χ2v) is 7.20. The van der Waals surface area contributed by atoms with Gasteiger partial charge in [-0.25, -0.2) is 0 Å². The second-order valence-electron chi connectivity index (χ2n) is 3.88. The van der Waals surface area contributed by atoms with E-state index in [0.717, 1.165) is 0 Å². The fourth-order valence-corrected chi connectivity index (χ4v) is 3.92. The molecule has 1 amide bonds. The van der Waals surface area contributed by atoms with Crippen molar-refractivity contribution >= 4 is 53.7 Å². The van der Waals surface area contributed by atoms with E-state index in [-0.39, 0.29) is 13.0 Å². The van der Waals surface area contributed by atoms with E-state index in [0.29, 0.717) is 14.6 Å². The number of carbonyl (C=O) groups excluding carboxylic acids is 1. The van der Waals surface area contributed by atoms with Gasteiger partial charge in [0.05, 0.1) is 5.69 Å². The largest absolute Gasteiger partial charge is 0.309 e. The fraction of sp³-hybridized carbons (Fsp3) is 0.300. The van der Waals surface area contributed by atoms with Crippen LogP contribution in [0.2, 0.25) is 0 Å². The van der Waals surface area contributed by atoms with Crippen LogP contribution in [0.25, 0.3) is 0 Å². The molecule has 1 aliphatic rings. The standard InChI is InChI=1S/C10H8Br2FNO3S/c11-7-2-1-3-8(12)10(7)14-5-6(4-9(14)15)18(13,16)17/h1-3,6H,4-5H2. The number of carbonyl (C=O) groups is 1. The number of nitrogens with zero attached hydrogens (tertiary/aromatic N) is 1. The first-order valence-electron chi connectivity index (χ1n) is 4.98. The normalized spacial score (nSPS) is 20.5. The molecule has 0 N–H and O–H groups in total. The minimum absolute atomic E-state index is 0.168. The van der Waals surface area contributed by atoms with Crippen LogP contribution >= 0.6 is 31.9 Å². The van der Waals surface area contributed by atoms with E-state index in [1.165, 1.54) is 4.90 Å². The summed E-state index contributed by atoms with van der Waals surface area (Å²) in [4.78, 5) is 13.1. The fourth-order valence-electron chi connectivity index (χ4n) is 1.83. The third kappa shape index (κ3) is 2.60. The number of para-hydroxylation sites is 1. The smallest absolute Gasteiger partial charge is 0.307 e. The lowest BCUT2D eigenvalue weighted by atomic mass is 10.3. The number of hydrogen-bond donors (Lipinski definition) is 0. The van der Waals surface area contributed by atoms with Gasteiger partial charge in [-0.05, 0) is 44.0 Å². The van der Waals surface area contributed by atoms with E-state index in [2.05, 4.69) is 31.9 Å². The first-order valence-corrected chi connectivity index (χ1v) is 8.02. The molecule has 0 radical (unpaired) electrons. The molecule has 0 saturated carbocycles. The van der Waals surface area contributed by atoms with Crippen molar-refractivity contribution in [2.24, 2.45) is 0 Å². The highest BCUT2D eigenvalue weighted by molar-refractivity contribution is 9.11. The van der Waals surface area contributed by atoms with Gasteiger partial charge < -0.3 is 4.90 Å². The Morgan fingerprint density at radius 2 is 1.83 bits per heavy atom. The van der Waals surface area contributed by atoms with Gasteiger partial charge in [-0.15, -0.1) is 3.89 Å². The Kier molecular flexibility index (Phi) is 3.80. The van der Waals surface area contributed by atoms with Gasteiger partial charge in [-0.1, -0.05) is 6.07 Å². The molecule has 1 aliphatic heterocycles. The zero-order chi connectivity index (χ0) is 13.5. The third-order valence-electron chi connectivity index (χ3n) is 2.70. The molecule has 1 unspecified atom stereocenters. The molecular formula is C10H8Br2FNO3S.